The van der Waals surface area contributed by atoms with Crippen molar-refractivity contribution in [2.24, 2.45) is 11.8 Å². The molecule has 13 heteroatoms. The minimum absolute atomic E-state index is 0.0450. The number of anilines is 2. The third kappa shape index (κ3) is 6.74. The monoisotopic (exact) mass is 461 g/mol. The Kier molecular flexibility index (Phi) is 9.16. The summed E-state index contributed by atoms with van der Waals surface area (Å²) in [5, 5.41) is 10.2. The third-order valence-corrected chi connectivity index (χ3v) is 5.35. The molecular formula is C19H30F3N7O3. The number of aromatic nitrogens is 2. The predicted molar refractivity (Wildman–Crippen MR) is 111 cm³/mol. The Morgan fingerprint density at radius 1 is 1.31 bits per heavy atom. The molecule has 0 unspecified atom stereocenters. The molecule has 0 saturated carbocycles. The Balaban J connectivity index is 2.35. The maximum absolute atomic E-state index is 13.6. The molecule has 0 radical (unpaired) electrons. The van der Waals surface area contributed by atoms with Gasteiger partial charge in [-0.15, -0.1) is 0 Å². The Morgan fingerprint density at radius 2 is 1.97 bits per heavy atom. The van der Waals surface area contributed by atoms with Gasteiger partial charge >= 0.3 is 6.18 Å². The van der Waals surface area contributed by atoms with Gasteiger partial charge in [0.15, 0.2) is 5.82 Å². The van der Waals surface area contributed by atoms with Gasteiger partial charge in [0.1, 0.15) is 5.56 Å². The standard InChI is InChI=1S/C19H30F3N7O3/c1-3-4-5-6-14(12-28(32)13-30)17(31)29(23)16-15(19(20,21)22)11-24-18(25-16)27-9-7-26(2)8-10-27/h11,13-14,32H,3-10,12,23H2,1-2H3/t14-/m1/s1. The zero-order valence-electron chi connectivity index (χ0n) is 18.3. The van der Waals surface area contributed by atoms with Crippen LogP contribution in [0.2, 0.25) is 0 Å². The number of hydroxylamine groups is 2. The SMILES string of the molecule is CCCCC[C@H](CN(O)C=O)C(=O)N(N)c1nc(N2CCN(C)CC2)ncc1C(F)(F)F. The van der Waals surface area contributed by atoms with E-state index in [0.717, 1.165) is 12.8 Å². The number of amides is 2. The third-order valence-electron chi connectivity index (χ3n) is 5.35. The number of nitrogens with zero attached hydrogens (tertiary/aromatic N) is 6. The number of hydrogen-bond donors (Lipinski definition) is 2. The normalized spacial score (nSPS) is 16.0. The van der Waals surface area contributed by atoms with E-state index in [2.05, 4.69) is 14.9 Å². The van der Waals surface area contributed by atoms with Gasteiger partial charge in [-0.2, -0.15) is 18.2 Å². The predicted octanol–water partition coefficient (Wildman–Crippen LogP) is 1.50. The summed E-state index contributed by atoms with van der Waals surface area (Å²) in [4.78, 5) is 35.4. The lowest BCUT2D eigenvalue weighted by Gasteiger charge is -2.33. The van der Waals surface area contributed by atoms with Crippen molar-refractivity contribution in [3.05, 3.63) is 11.8 Å². The molecule has 32 heavy (non-hydrogen) atoms. The summed E-state index contributed by atoms with van der Waals surface area (Å²) in [5.74, 6) is 3.27. The van der Waals surface area contributed by atoms with Gasteiger partial charge in [0, 0.05) is 32.4 Å². The molecule has 1 atom stereocenters. The fourth-order valence-corrected chi connectivity index (χ4v) is 3.41. The van der Waals surface area contributed by atoms with Gasteiger partial charge in [0.2, 0.25) is 18.3 Å². The second-order valence-corrected chi connectivity index (χ2v) is 7.82. The Hall–Kier alpha value is -2.51. The van der Waals surface area contributed by atoms with Crippen LogP contribution in [-0.4, -0.2) is 77.2 Å². The van der Waals surface area contributed by atoms with Crippen molar-refractivity contribution in [1.29, 1.82) is 0 Å². The number of nitrogens with two attached hydrogens (primary N) is 1. The Bertz CT molecular complexity index is 773. The largest absolute Gasteiger partial charge is 0.421 e. The molecule has 2 heterocycles. The fraction of sp³-hybridized carbons (Fsp3) is 0.684. The zero-order valence-corrected chi connectivity index (χ0v) is 18.3. The van der Waals surface area contributed by atoms with Crippen molar-refractivity contribution in [2.75, 3.05) is 49.7 Å². The van der Waals surface area contributed by atoms with E-state index in [4.69, 9.17) is 5.84 Å². The van der Waals surface area contributed by atoms with Gasteiger partial charge in [-0.1, -0.05) is 26.2 Å². The number of piperazine rings is 1. The minimum Gasteiger partial charge on any atom is -0.338 e. The van der Waals surface area contributed by atoms with Crippen LogP contribution in [0.3, 0.4) is 0 Å². The first kappa shape index (κ1) is 25.7. The molecule has 1 saturated heterocycles. The number of carbonyl (C=O) groups is 2. The number of hydrogen-bond acceptors (Lipinski definition) is 8. The molecule has 1 fully saturated rings. The molecule has 1 aliphatic rings. The van der Waals surface area contributed by atoms with Crippen LogP contribution in [0.1, 0.15) is 38.2 Å². The highest BCUT2D eigenvalue weighted by atomic mass is 19.4. The molecule has 0 aliphatic carbocycles. The molecular weight excluding hydrogens is 431 g/mol. The summed E-state index contributed by atoms with van der Waals surface area (Å²) in [6.45, 7) is 3.95. The first-order valence-corrected chi connectivity index (χ1v) is 10.5. The second-order valence-electron chi connectivity index (χ2n) is 7.82. The number of carbonyl (C=O) groups excluding carboxylic acids is 2. The fourth-order valence-electron chi connectivity index (χ4n) is 3.41. The van der Waals surface area contributed by atoms with Gasteiger partial charge < -0.3 is 9.80 Å². The van der Waals surface area contributed by atoms with Crippen LogP contribution in [0.25, 0.3) is 0 Å². The summed E-state index contributed by atoms with van der Waals surface area (Å²) in [6.07, 6.45) is -1.65. The van der Waals surface area contributed by atoms with E-state index in [1.165, 1.54) is 0 Å². The molecule has 1 aromatic heterocycles. The molecule has 0 bridgehead atoms. The average Bonchev–Trinajstić information content (AvgIpc) is 2.76. The van der Waals surface area contributed by atoms with Crippen LogP contribution in [0, 0.1) is 5.92 Å². The lowest BCUT2D eigenvalue weighted by Crippen LogP contribution is -2.47. The number of rotatable bonds is 10. The Labute approximate surface area is 184 Å². The molecule has 2 amide bonds. The van der Waals surface area contributed by atoms with E-state index in [-0.39, 0.29) is 23.8 Å². The molecule has 0 spiro atoms. The lowest BCUT2D eigenvalue weighted by atomic mass is 9.99. The van der Waals surface area contributed by atoms with Gasteiger partial charge in [-0.25, -0.2) is 20.9 Å². The van der Waals surface area contributed by atoms with Gasteiger partial charge in [0.25, 0.3) is 0 Å². The first-order chi connectivity index (χ1) is 15.1. The van der Waals surface area contributed by atoms with Crippen molar-refractivity contribution in [1.82, 2.24) is 19.9 Å². The average molecular weight is 461 g/mol. The molecule has 0 aromatic carbocycles. The Morgan fingerprint density at radius 3 is 2.53 bits per heavy atom. The summed E-state index contributed by atoms with van der Waals surface area (Å²) < 4.78 is 40.9. The number of halogens is 3. The maximum atomic E-state index is 13.6. The molecule has 3 N–H and O–H groups in total. The van der Waals surface area contributed by atoms with Crippen LogP contribution in [0.15, 0.2) is 6.20 Å². The van der Waals surface area contributed by atoms with Gasteiger partial charge in [0.05, 0.1) is 12.5 Å². The van der Waals surface area contributed by atoms with Crippen LogP contribution < -0.4 is 15.8 Å². The number of unbranched alkanes of at least 4 members (excludes halogenated alkanes) is 2. The lowest BCUT2D eigenvalue weighted by molar-refractivity contribution is -0.154. The quantitative estimate of drug-likeness (QED) is 0.134. The summed E-state index contributed by atoms with van der Waals surface area (Å²) >= 11 is 0. The number of hydrazine groups is 1. The smallest absolute Gasteiger partial charge is 0.338 e. The van der Waals surface area contributed by atoms with E-state index in [9.17, 15) is 28.0 Å². The number of likely N-dealkylation sites (N-methyl/N-ethyl adjacent to an activating group) is 1. The van der Waals surface area contributed by atoms with Crippen LogP contribution in [-0.2, 0) is 15.8 Å². The van der Waals surface area contributed by atoms with E-state index in [0.29, 0.717) is 43.8 Å². The van der Waals surface area contributed by atoms with Crippen molar-refractivity contribution in [3.63, 3.8) is 0 Å². The van der Waals surface area contributed by atoms with Gasteiger partial charge in [-0.05, 0) is 13.5 Å². The van der Waals surface area contributed by atoms with Crippen LogP contribution >= 0.6 is 0 Å². The molecule has 2 rings (SSSR count). The molecule has 1 aromatic rings. The zero-order chi connectivity index (χ0) is 23.9. The topological polar surface area (TPSA) is 119 Å². The van der Waals surface area contributed by atoms with Crippen molar-refractivity contribution < 1.29 is 28.0 Å². The summed E-state index contributed by atoms with van der Waals surface area (Å²) in [7, 11) is 1.93. The van der Waals surface area contributed by atoms with E-state index >= 15 is 0 Å². The maximum Gasteiger partial charge on any atom is 0.421 e. The number of alkyl halides is 3. The second kappa shape index (κ2) is 11.4. The summed E-state index contributed by atoms with van der Waals surface area (Å²) in [6, 6.07) is 0. The highest BCUT2D eigenvalue weighted by molar-refractivity contribution is 5.94. The van der Waals surface area contributed by atoms with Crippen LogP contribution in [0.5, 0.6) is 0 Å². The molecule has 10 nitrogen and oxygen atoms in total. The van der Waals surface area contributed by atoms with Crippen LogP contribution in [0.4, 0.5) is 24.9 Å². The summed E-state index contributed by atoms with van der Waals surface area (Å²) in [5.41, 5.74) is -1.24. The minimum atomic E-state index is -4.84. The van der Waals surface area contributed by atoms with E-state index in [1.54, 1.807) is 4.90 Å². The van der Waals surface area contributed by atoms with Crippen molar-refractivity contribution in [2.45, 2.75) is 38.8 Å². The van der Waals surface area contributed by atoms with E-state index in [1.807, 2.05) is 14.0 Å². The molecule has 1 aliphatic heterocycles. The van der Waals surface area contributed by atoms with Crippen molar-refractivity contribution in [3.8, 4) is 0 Å². The highest BCUT2D eigenvalue weighted by Gasteiger charge is 2.39. The molecule has 180 valence electrons. The van der Waals surface area contributed by atoms with Crippen molar-refractivity contribution >= 4 is 24.1 Å². The van der Waals surface area contributed by atoms with E-state index < -0.39 is 35.9 Å². The van der Waals surface area contributed by atoms with Gasteiger partial charge in [-0.3, -0.25) is 14.8 Å². The highest BCUT2D eigenvalue weighted by Crippen LogP contribution is 2.36. The first-order valence-electron chi connectivity index (χ1n) is 10.5.